The molecule has 0 aromatic heterocycles. The highest BCUT2D eigenvalue weighted by Crippen LogP contribution is 2.41. The summed E-state index contributed by atoms with van der Waals surface area (Å²) in [5.74, 6) is 0. The van der Waals surface area contributed by atoms with Crippen LogP contribution in [-0.4, -0.2) is 0 Å². The molecule has 0 nitrogen and oxygen atoms in total. The number of hydrogen-bond donors (Lipinski definition) is 0. The van der Waals surface area contributed by atoms with Crippen LogP contribution in [0, 0.1) is 0 Å². The fraction of sp³-hybridized carbons (Fsp3) is 0.294. The Balaban J connectivity index is 2.27. The van der Waals surface area contributed by atoms with E-state index >= 15 is 0 Å². The van der Waals surface area contributed by atoms with Gasteiger partial charge in [0.1, 0.15) is 0 Å². The third kappa shape index (κ3) is 3.82. The minimum Gasteiger partial charge on any atom is -0.166 e. The van der Waals surface area contributed by atoms with Gasteiger partial charge >= 0.3 is 6.18 Å². The summed E-state index contributed by atoms with van der Waals surface area (Å²) in [5, 5.41) is 0. The molecule has 1 aromatic rings. The van der Waals surface area contributed by atoms with Gasteiger partial charge in [0.25, 0.3) is 0 Å². The SMILES string of the molecule is C=CC1=C(Sc2ccc(C(F)(F)F)cc2)/C(=C/C)CCC1. The maximum atomic E-state index is 12.6. The van der Waals surface area contributed by atoms with Crippen molar-refractivity contribution in [3.63, 3.8) is 0 Å². The first-order chi connectivity index (χ1) is 9.95. The molecule has 1 aliphatic carbocycles. The Morgan fingerprint density at radius 1 is 1.14 bits per heavy atom. The van der Waals surface area contributed by atoms with E-state index in [-0.39, 0.29) is 0 Å². The Kier molecular flexibility index (Phi) is 4.99. The van der Waals surface area contributed by atoms with Gasteiger partial charge in [0.15, 0.2) is 0 Å². The molecule has 21 heavy (non-hydrogen) atoms. The molecular weight excluding hydrogens is 293 g/mol. The number of benzene rings is 1. The van der Waals surface area contributed by atoms with Crippen LogP contribution in [0.1, 0.15) is 31.7 Å². The molecule has 0 heterocycles. The highest BCUT2D eigenvalue weighted by atomic mass is 32.2. The highest BCUT2D eigenvalue weighted by molar-refractivity contribution is 8.03. The van der Waals surface area contributed by atoms with Crippen LogP contribution in [0.15, 0.2) is 63.9 Å². The summed E-state index contributed by atoms with van der Waals surface area (Å²) in [5.41, 5.74) is 1.82. The second-order valence-electron chi connectivity index (χ2n) is 4.85. The Hall–Kier alpha value is -1.42. The first kappa shape index (κ1) is 16.0. The van der Waals surface area contributed by atoms with Crippen LogP contribution >= 0.6 is 11.8 Å². The predicted molar refractivity (Wildman–Crippen MR) is 82.1 cm³/mol. The number of alkyl halides is 3. The summed E-state index contributed by atoms with van der Waals surface area (Å²) >= 11 is 1.52. The van der Waals surface area contributed by atoms with Gasteiger partial charge in [-0.05, 0) is 61.6 Å². The molecule has 0 saturated heterocycles. The fourth-order valence-corrected chi connectivity index (χ4v) is 3.51. The van der Waals surface area contributed by atoms with E-state index in [0.29, 0.717) is 0 Å². The molecule has 0 aliphatic heterocycles. The molecule has 0 amide bonds. The van der Waals surface area contributed by atoms with Crippen molar-refractivity contribution in [2.24, 2.45) is 0 Å². The Morgan fingerprint density at radius 3 is 2.33 bits per heavy atom. The first-order valence-electron chi connectivity index (χ1n) is 6.82. The van der Waals surface area contributed by atoms with Crippen molar-refractivity contribution >= 4 is 11.8 Å². The zero-order valence-corrected chi connectivity index (χ0v) is 12.7. The molecule has 0 unspecified atom stereocenters. The van der Waals surface area contributed by atoms with Gasteiger partial charge in [0, 0.05) is 9.80 Å². The second kappa shape index (κ2) is 6.56. The molecule has 4 heteroatoms. The molecular formula is C17H17F3S. The molecule has 112 valence electrons. The summed E-state index contributed by atoms with van der Waals surface area (Å²) in [6, 6.07) is 5.33. The van der Waals surface area contributed by atoms with Crippen LogP contribution in [-0.2, 0) is 6.18 Å². The van der Waals surface area contributed by atoms with Crippen molar-refractivity contribution in [1.82, 2.24) is 0 Å². The number of hydrogen-bond acceptors (Lipinski definition) is 1. The molecule has 0 N–H and O–H groups in total. The van der Waals surface area contributed by atoms with Crippen LogP contribution in [0.3, 0.4) is 0 Å². The third-order valence-electron chi connectivity index (χ3n) is 3.47. The molecule has 0 fully saturated rings. The average molecular weight is 310 g/mol. The largest absolute Gasteiger partial charge is 0.416 e. The van der Waals surface area contributed by atoms with Gasteiger partial charge in [-0.1, -0.05) is 30.5 Å². The summed E-state index contributed by atoms with van der Waals surface area (Å²) in [4.78, 5) is 1.96. The molecule has 0 radical (unpaired) electrons. The van der Waals surface area contributed by atoms with E-state index in [1.54, 1.807) is 0 Å². The lowest BCUT2D eigenvalue weighted by Crippen LogP contribution is -2.04. The van der Waals surface area contributed by atoms with Crippen LogP contribution in [0.25, 0.3) is 0 Å². The van der Waals surface area contributed by atoms with E-state index in [1.807, 2.05) is 13.0 Å². The lowest BCUT2D eigenvalue weighted by atomic mass is 9.95. The molecule has 0 saturated carbocycles. The summed E-state index contributed by atoms with van der Waals surface area (Å²) < 4.78 is 37.7. The summed E-state index contributed by atoms with van der Waals surface area (Å²) in [6.07, 6.45) is 2.73. The third-order valence-corrected chi connectivity index (χ3v) is 4.71. The topological polar surface area (TPSA) is 0 Å². The van der Waals surface area contributed by atoms with E-state index in [0.717, 1.165) is 41.2 Å². The zero-order chi connectivity index (χ0) is 15.5. The van der Waals surface area contributed by atoms with E-state index in [2.05, 4.69) is 12.7 Å². The molecule has 1 aromatic carbocycles. The average Bonchev–Trinajstić information content (AvgIpc) is 2.47. The van der Waals surface area contributed by atoms with E-state index in [1.165, 1.54) is 35.0 Å². The van der Waals surface area contributed by atoms with E-state index < -0.39 is 11.7 Å². The molecule has 1 aliphatic rings. The Labute approximate surface area is 127 Å². The van der Waals surface area contributed by atoms with E-state index in [4.69, 9.17) is 0 Å². The number of thioether (sulfide) groups is 1. The van der Waals surface area contributed by atoms with Crippen molar-refractivity contribution < 1.29 is 13.2 Å². The predicted octanol–water partition coefficient (Wildman–Crippen LogP) is 6.37. The maximum absolute atomic E-state index is 12.6. The Bertz CT molecular complexity index is 577. The lowest BCUT2D eigenvalue weighted by Gasteiger charge is -2.21. The standard InChI is InChI=1S/C17H17F3S/c1-3-12-6-5-7-13(4-2)16(12)21-15-10-8-14(9-11-15)17(18,19)20/h3-4,8-11H,1,5-7H2,2H3/b13-4+. The van der Waals surface area contributed by atoms with Gasteiger partial charge in [-0.3, -0.25) is 0 Å². The van der Waals surface area contributed by atoms with Crippen LogP contribution in [0.2, 0.25) is 0 Å². The minimum atomic E-state index is -4.28. The smallest absolute Gasteiger partial charge is 0.166 e. The number of rotatable bonds is 3. The first-order valence-corrected chi connectivity index (χ1v) is 7.63. The summed E-state index contributed by atoms with van der Waals surface area (Å²) in [7, 11) is 0. The normalized spacial score (nSPS) is 18.2. The molecule has 0 spiro atoms. The Morgan fingerprint density at radius 2 is 1.81 bits per heavy atom. The maximum Gasteiger partial charge on any atom is 0.416 e. The van der Waals surface area contributed by atoms with Gasteiger partial charge in [-0.15, -0.1) is 0 Å². The van der Waals surface area contributed by atoms with Gasteiger partial charge in [-0.25, -0.2) is 0 Å². The molecule has 0 bridgehead atoms. The van der Waals surface area contributed by atoms with Crippen LogP contribution in [0.5, 0.6) is 0 Å². The minimum absolute atomic E-state index is 0.611. The van der Waals surface area contributed by atoms with Crippen molar-refractivity contribution in [2.75, 3.05) is 0 Å². The monoisotopic (exact) mass is 310 g/mol. The van der Waals surface area contributed by atoms with E-state index in [9.17, 15) is 13.2 Å². The van der Waals surface area contributed by atoms with Crippen LogP contribution in [0.4, 0.5) is 13.2 Å². The zero-order valence-electron chi connectivity index (χ0n) is 11.8. The quantitative estimate of drug-likeness (QED) is 0.625. The van der Waals surface area contributed by atoms with Crippen LogP contribution < -0.4 is 0 Å². The van der Waals surface area contributed by atoms with Gasteiger partial charge in [0.05, 0.1) is 5.56 Å². The number of halogens is 3. The van der Waals surface area contributed by atoms with Crippen molar-refractivity contribution in [1.29, 1.82) is 0 Å². The van der Waals surface area contributed by atoms with Gasteiger partial charge < -0.3 is 0 Å². The highest BCUT2D eigenvalue weighted by Gasteiger charge is 2.30. The summed E-state index contributed by atoms with van der Waals surface area (Å²) in [6.45, 7) is 5.84. The lowest BCUT2D eigenvalue weighted by molar-refractivity contribution is -0.137. The molecule has 2 rings (SSSR count). The van der Waals surface area contributed by atoms with Crippen molar-refractivity contribution in [3.8, 4) is 0 Å². The fourth-order valence-electron chi connectivity index (χ4n) is 2.33. The van der Waals surface area contributed by atoms with Crippen molar-refractivity contribution in [3.05, 3.63) is 64.6 Å². The molecule has 0 atom stereocenters. The second-order valence-corrected chi connectivity index (χ2v) is 5.93. The van der Waals surface area contributed by atoms with Crippen molar-refractivity contribution in [2.45, 2.75) is 37.3 Å². The number of allylic oxidation sites excluding steroid dienone is 4. The van der Waals surface area contributed by atoms with Gasteiger partial charge in [0.2, 0.25) is 0 Å². The van der Waals surface area contributed by atoms with Gasteiger partial charge in [-0.2, -0.15) is 13.2 Å².